The van der Waals surface area contributed by atoms with Crippen LogP contribution < -0.4 is 10.9 Å². The van der Waals surface area contributed by atoms with Crippen LogP contribution in [-0.2, 0) is 9.47 Å². The van der Waals surface area contributed by atoms with Crippen molar-refractivity contribution in [1.29, 1.82) is 0 Å². The number of ether oxygens (including phenoxy) is 2. The molecule has 1 amide bonds. The summed E-state index contributed by atoms with van der Waals surface area (Å²) in [5.41, 5.74) is 2.30. The monoisotopic (exact) mass is 533 g/mol. The third-order valence-electron chi connectivity index (χ3n) is 6.99. The van der Waals surface area contributed by atoms with E-state index in [4.69, 9.17) is 9.47 Å². The third-order valence-corrected chi connectivity index (χ3v) is 8.17. The van der Waals surface area contributed by atoms with E-state index >= 15 is 0 Å². The third kappa shape index (κ3) is 4.73. The van der Waals surface area contributed by atoms with Gasteiger partial charge in [0, 0.05) is 36.8 Å². The van der Waals surface area contributed by atoms with Gasteiger partial charge in [-0.15, -0.1) is 11.3 Å². The fourth-order valence-corrected chi connectivity index (χ4v) is 6.15. The maximum absolute atomic E-state index is 13.9. The first-order valence-electron chi connectivity index (χ1n) is 12.8. The SMILES string of the molecule is Cc1cc(Nc2c(C(=O)N3CC(OC4CCCCO4)C3)sc3c2ccc(=O)n3-c2ccccc2)ccc1F. The molecular weight excluding hydrogens is 505 g/mol. The van der Waals surface area contributed by atoms with Crippen LogP contribution in [0.25, 0.3) is 15.9 Å². The number of aromatic nitrogens is 1. The quantitative estimate of drug-likeness (QED) is 0.349. The number of carbonyl (C=O) groups excluding carboxylic acids is 1. The number of likely N-dealkylation sites (tertiary alicyclic amines) is 1. The molecule has 0 bridgehead atoms. The zero-order valence-corrected chi connectivity index (χ0v) is 21.8. The van der Waals surface area contributed by atoms with Gasteiger partial charge in [-0.05, 0) is 68.1 Å². The number of nitrogens with zero attached hydrogens (tertiary/aromatic N) is 2. The van der Waals surface area contributed by atoms with E-state index < -0.39 is 0 Å². The van der Waals surface area contributed by atoms with Crippen molar-refractivity contribution < 1.29 is 18.7 Å². The maximum atomic E-state index is 13.9. The number of amides is 1. The highest BCUT2D eigenvalue weighted by Gasteiger charge is 2.36. The highest BCUT2D eigenvalue weighted by molar-refractivity contribution is 7.21. The van der Waals surface area contributed by atoms with Crippen molar-refractivity contribution in [1.82, 2.24) is 9.47 Å². The minimum Gasteiger partial charge on any atom is -0.354 e. The Morgan fingerprint density at radius 3 is 2.66 bits per heavy atom. The van der Waals surface area contributed by atoms with Gasteiger partial charge in [-0.2, -0.15) is 0 Å². The van der Waals surface area contributed by atoms with Crippen molar-refractivity contribution >= 4 is 38.8 Å². The Morgan fingerprint density at radius 1 is 1.11 bits per heavy atom. The Kier molecular flexibility index (Phi) is 6.73. The molecule has 2 aliphatic rings. The largest absolute Gasteiger partial charge is 0.354 e. The van der Waals surface area contributed by atoms with E-state index in [9.17, 15) is 14.0 Å². The summed E-state index contributed by atoms with van der Waals surface area (Å²) in [6.45, 7) is 3.37. The molecule has 0 radical (unpaired) electrons. The van der Waals surface area contributed by atoms with Crippen LogP contribution in [0.1, 0.15) is 34.5 Å². The number of para-hydroxylation sites is 1. The summed E-state index contributed by atoms with van der Waals surface area (Å²) in [7, 11) is 0. The van der Waals surface area contributed by atoms with E-state index in [0.29, 0.717) is 46.3 Å². The van der Waals surface area contributed by atoms with E-state index in [1.165, 1.54) is 23.5 Å². The molecule has 0 aliphatic carbocycles. The molecule has 2 saturated heterocycles. The second-order valence-corrected chi connectivity index (χ2v) is 10.7. The first kappa shape index (κ1) is 24.8. The van der Waals surface area contributed by atoms with Crippen LogP contribution in [0.15, 0.2) is 65.5 Å². The molecule has 2 aromatic carbocycles. The Balaban J connectivity index is 1.36. The average Bonchev–Trinajstić information content (AvgIpc) is 3.26. The predicted octanol–water partition coefficient (Wildman–Crippen LogP) is 5.61. The number of anilines is 2. The number of halogens is 1. The lowest BCUT2D eigenvalue weighted by molar-refractivity contribution is -0.208. The Morgan fingerprint density at radius 2 is 1.92 bits per heavy atom. The van der Waals surface area contributed by atoms with Gasteiger partial charge < -0.3 is 19.7 Å². The molecule has 2 aromatic heterocycles. The first-order valence-corrected chi connectivity index (χ1v) is 13.6. The topological polar surface area (TPSA) is 72.8 Å². The molecule has 4 aromatic rings. The fourth-order valence-electron chi connectivity index (χ4n) is 4.91. The number of thiophene rings is 1. The number of hydrogen-bond acceptors (Lipinski definition) is 6. The first-order chi connectivity index (χ1) is 18.5. The normalized spacial score (nSPS) is 17.9. The number of benzene rings is 2. The average molecular weight is 534 g/mol. The van der Waals surface area contributed by atoms with Gasteiger partial charge in [0.1, 0.15) is 15.5 Å². The lowest BCUT2D eigenvalue weighted by atomic mass is 10.1. The van der Waals surface area contributed by atoms with Crippen molar-refractivity contribution in [2.45, 2.75) is 38.6 Å². The number of hydrogen-bond donors (Lipinski definition) is 1. The second-order valence-electron chi connectivity index (χ2n) is 9.72. The zero-order chi connectivity index (χ0) is 26.2. The summed E-state index contributed by atoms with van der Waals surface area (Å²) in [5, 5.41) is 4.10. The van der Waals surface area contributed by atoms with Crippen LogP contribution in [0.4, 0.5) is 15.8 Å². The molecule has 0 spiro atoms. The molecule has 1 N–H and O–H groups in total. The van der Waals surface area contributed by atoms with Gasteiger partial charge in [-0.1, -0.05) is 18.2 Å². The van der Waals surface area contributed by atoms with E-state index in [1.54, 1.807) is 34.6 Å². The summed E-state index contributed by atoms with van der Waals surface area (Å²) < 4.78 is 27.3. The van der Waals surface area contributed by atoms with E-state index in [1.807, 2.05) is 30.3 Å². The van der Waals surface area contributed by atoms with Gasteiger partial charge >= 0.3 is 0 Å². The smallest absolute Gasteiger partial charge is 0.266 e. The number of carbonyl (C=O) groups is 1. The summed E-state index contributed by atoms with van der Waals surface area (Å²) in [6.07, 6.45) is 2.76. The van der Waals surface area contributed by atoms with Crippen LogP contribution in [0.5, 0.6) is 0 Å². The summed E-state index contributed by atoms with van der Waals surface area (Å²) in [4.78, 5) is 29.7. The molecule has 196 valence electrons. The number of aryl methyl sites for hydroxylation is 1. The highest BCUT2D eigenvalue weighted by atomic mass is 32.1. The molecule has 1 atom stereocenters. The molecule has 0 saturated carbocycles. The van der Waals surface area contributed by atoms with Gasteiger partial charge in [0.2, 0.25) is 0 Å². The van der Waals surface area contributed by atoms with E-state index in [0.717, 1.165) is 30.3 Å². The lowest BCUT2D eigenvalue weighted by Gasteiger charge is -2.41. The van der Waals surface area contributed by atoms with Crippen LogP contribution in [-0.4, -0.2) is 47.5 Å². The number of pyridine rings is 1. The fraction of sp³-hybridized carbons (Fsp3) is 0.310. The van der Waals surface area contributed by atoms with Crippen molar-refractivity contribution in [2.24, 2.45) is 0 Å². The number of nitrogens with one attached hydrogen (secondary N) is 1. The van der Waals surface area contributed by atoms with Gasteiger partial charge in [0.15, 0.2) is 6.29 Å². The zero-order valence-electron chi connectivity index (χ0n) is 21.0. The van der Waals surface area contributed by atoms with Gasteiger partial charge in [-0.25, -0.2) is 4.39 Å². The predicted molar refractivity (Wildman–Crippen MR) is 146 cm³/mol. The van der Waals surface area contributed by atoms with E-state index in [-0.39, 0.29) is 29.7 Å². The Hall–Kier alpha value is -3.53. The van der Waals surface area contributed by atoms with Gasteiger partial charge in [-0.3, -0.25) is 14.2 Å². The molecule has 2 fully saturated rings. The van der Waals surface area contributed by atoms with Crippen molar-refractivity contribution in [3.05, 3.63) is 87.3 Å². The van der Waals surface area contributed by atoms with Crippen LogP contribution >= 0.6 is 11.3 Å². The van der Waals surface area contributed by atoms with Crippen molar-refractivity contribution in [3.8, 4) is 5.69 Å². The minimum absolute atomic E-state index is 0.0601. The molecule has 1 unspecified atom stereocenters. The highest BCUT2D eigenvalue weighted by Crippen LogP contribution is 2.39. The number of rotatable bonds is 6. The lowest BCUT2D eigenvalue weighted by Crippen LogP contribution is -2.56. The van der Waals surface area contributed by atoms with Crippen LogP contribution in [0.2, 0.25) is 0 Å². The van der Waals surface area contributed by atoms with Gasteiger partial charge in [0.05, 0.1) is 17.5 Å². The molecule has 2 aliphatic heterocycles. The Labute approximate surface area is 223 Å². The second kappa shape index (κ2) is 10.3. The van der Waals surface area contributed by atoms with Crippen LogP contribution in [0, 0.1) is 12.7 Å². The van der Waals surface area contributed by atoms with Crippen molar-refractivity contribution in [2.75, 3.05) is 25.0 Å². The van der Waals surface area contributed by atoms with E-state index in [2.05, 4.69) is 5.32 Å². The molecule has 6 rings (SSSR count). The maximum Gasteiger partial charge on any atom is 0.266 e. The molecule has 38 heavy (non-hydrogen) atoms. The minimum atomic E-state index is -0.298. The summed E-state index contributed by atoms with van der Waals surface area (Å²) in [5.74, 6) is -0.433. The molecule has 7 nitrogen and oxygen atoms in total. The molecular formula is C29H28FN3O4S. The Bertz CT molecular complexity index is 1540. The van der Waals surface area contributed by atoms with Crippen molar-refractivity contribution in [3.63, 3.8) is 0 Å². The number of fused-ring (bicyclic) bond motifs is 1. The molecule has 4 heterocycles. The summed E-state index contributed by atoms with van der Waals surface area (Å²) >= 11 is 1.28. The molecule has 9 heteroatoms. The van der Waals surface area contributed by atoms with Crippen LogP contribution in [0.3, 0.4) is 0 Å². The summed E-state index contributed by atoms with van der Waals surface area (Å²) in [6, 6.07) is 17.4. The van der Waals surface area contributed by atoms with Gasteiger partial charge in [0.25, 0.3) is 11.5 Å². The standard InChI is InChI=1S/C29H28FN3O4S/c1-18-15-19(10-12-23(18)30)31-26-22-11-13-24(34)33(20-7-3-2-4-8-20)29(22)38-27(26)28(35)32-16-21(17-32)37-25-9-5-6-14-36-25/h2-4,7-8,10-13,15,21,25,31H,5-6,9,14,16-17H2,1H3.